The molecule has 228 valence electrons. The Labute approximate surface area is 255 Å². The highest BCUT2D eigenvalue weighted by Crippen LogP contribution is 2.45. The Balaban J connectivity index is 1.27. The van der Waals surface area contributed by atoms with Crippen molar-refractivity contribution < 1.29 is 26.8 Å². The predicted molar refractivity (Wildman–Crippen MR) is 162 cm³/mol. The zero-order valence-electron chi connectivity index (χ0n) is 24.1. The smallest absolute Gasteiger partial charge is 0.248 e. The average Bonchev–Trinajstić information content (AvgIpc) is 2.93. The molecule has 3 fully saturated rings. The number of nitrogens with one attached hydrogen (secondary N) is 2. The van der Waals surface area contributed by atoms with Crippen LogP contribution >= 0.6 is 11.6 Å². The van der Waals surface area contributed by atoms with Gasteiger partial charge in [0.15, 0.2) is 0 Å². The Kier molecular flexibility index (Phi) is 10.2. The molecule has 0 spiro atoms. The van der Waals surface area contributed by atoms with Gasteiger partial charge in [0.2, 0.25) is 17.7 Å². The summed E-state index contributed by atoms with van der Waals surface area (Å²) < 4.78 is 50.6. The van der Waals surface area contributed by atoms with Crippen LogP contribution in [0.25, 0.3) is 0 Å². The summed E-state index contributed by atoms with van der Waals surface area (Å²) in [6, 6.07) is 5.27. The van der Waals surface area contributed by atoms with Crippen molar-refractivity contribution in [2.24, 2.45) is 11.3 Å². The molecule has 0 bridgehead atoms. The number of sulfone groups is 1. The molecule has 2 saturated heterocycles. The second-order valence-electron chi connectivity index (χ2n) is 12.5. The first-order chi connectivity index (χ1) is 19.6. The number of alkyl halides is 2. The summed E-state index contributed by atoms with van der Waals surface area (Å²) in [6.07, 6.45) is 1.43. The predicted octanol–water partition coefficient (Wildman–Crippen LogP) is 2.89. The minimum absolute atomic E-state index is 0.114. The molecule has 1 saturated carbocycles. The zero-order valence-corrected chi connectivity index (χ0v) is 25.7. The molecule has 0 aromatic heterocycles. The van der Waals surface area contributed by atoms with Gasteiger partial charge in [0.1, 0.15) is 9.84 Å². The molecule has 2 aliphatic heterocycles. The summed E-state index contributed by atoms with van der Waals surface area (Å²) in [6.45, 7) is 3.77. The fraction of sp³-hybridized carbons (Fsp3) is 0.714. The van der Waals surface area contributed by atoms with E-state index in [4.69, 9.17) is 27.3 Å². The van der Waals surface area contributed by atoms with Gasteiger partial charge in [-0.25, -0.2) is 17.2 Å². The van der Waals surface area contributed by atoms with Crippen molar-refractivity contribution in [3.8, 4) is 0 Å². The molecular weight excluding hydrogens is 583 g/mol. The largest absolute Gasteiger partial charge is 0.385 e. The Morgan fingerprint density at radius 2 is 1.69 bits per heavy atom. The van der Waals surface area contributed by atoms with E-state index in [0.717, 1.165) is 5.69 Å². The normalized spacial score (nSPS) is 22.8. The standard InChI is InChI=1S/C28H39B2ClF2N4O4S/c1-26(6-8-27(32,33)9-7-26)17-24(38)35-19-25(39)36-10-12-37(13-11-36)28(29,30)22-16-21(31)2-3-23(22)34-18-20-4-14-42(40,41)15-5-20/h2-3,16,20,34H,4-15,17-19H2,1H3,(H,35,38). The number of carbonyl (C=O) groups excluding carboxylic acids is 2. The van der Waals surface area contributed by atoms with Crippen LogP contribution in [-0.4, -0.2) is 102 Å². The molecule has 0 unspecified atom stereocenters. The van der Waals surface area contributed by atoms with Crippen molar-refractivity contribution in [2.75, 3.05) is 56.1 Å². The monoisotopic (exact) mass is 622 g/mol. The van der Waals surface area contributed by atoms with E-state index in [-0.39, 0.29) is 67.9 Å². The third-order valence-corrected chi connectivity index (χ3v) is 11.0. The lowest BCUT2D eigenvalue weighted by Crippen LogP contribution is -2.58. The molecule has 2 N–H and O–H groups in total. The van der Waals surface area contributed by atoms with Gasteiger partial charge in [-0.05, 0) is 66.1 Å². The number of hydrogen-bond donors (Lipinski definition) is 2. The van der Waals surface area contributed by atoms with Crippen molar-refractivity contribution >= 4 is 54.6 Å². The van der Waals surface area contributed by atoms with Crippen LogP contribution in [-0.2, 0) is 24.8 Å². The maximum Gasteiger partial charge on any atom is 0.248 e. The van der Waals surface area contributed by atoms with E-state index < -0.39 is 26.5 Å². The Morgan fingerprint density at radius 3 is 2.31 bits per heavy atom. The van der Waals surface area contributed by atoms with E-state index in [0.29, 0.717) is 56.2 Å². The molecular formula is C28H39B2ClF2N4O4S. The molecule has 8 nitrogen and oxygen atoms in total. The van der Waals surface area contributed by atoms with Crippen molar-refractivity contribution in [3.05, 3.63) is 28.8 Å². The third-order valence-electron chi connectivity index (χ3n) is 9.04. The van der Waals surface area contributed by atoms with Crippen molar-refractivity contribution in [2.45, 2.75) is 63.1 Å². The van der Waals surface area contributed by atoms with Gasteiger partial charge in [0, 0.05) is 62.7 Å². The van der Waals surface area contributed by atoms with Crippen LogP contribution in [0.4, 0.5) is 14.5 Å². The molecule has 3 aliphatic rings. The first-order valence-electron chi connectivity index (χ1n) is 14.6. The molecule has 1 aliphatic carbocycles. The fourth-order valence-electron chi connectivity index (χ4n) is 6.03. The van der Waals surface area contributed by atoms with Gasteiger partial charge in [-0.1, -0.05) is 18.5 Å². The van der Waals surface area contributed by atoms with Gasteiger partial charge >= 0.3 is 0 Å². The van der Waals surface area contributed by atoms with Crippen LogP contribution in [0, 0.1) is 11.3 Å². The van der Waals surface area contributed by atoms with Crippen molar-refractivity contribution in [1.82, 2.24) is 15.1 Å². The number of amides is 2. The van der Waals surface area contributed by atoms with E-state index in [1.165, 1.54) is 0 Å². The van der Waals surface area contributed by atoms with Gasteiger partial charge in [-0.3, -0.25) is 9.59 Å². The topological polar surface area (TPSA) is 98.8 Å². The lowest BCUT2D eigenvalue weighted by Gasteiger charge is -2.46. The van der Waals surface area contributed by atoms with Gasteiger partial charge in [-0.15, -0.1) is 0 Å². The molecule has 14 heteroatoms. The average molecular weight is 623 g/mol. The summed E-state index contributed by atoms with van der Waals surface area (Å²) >= 11 is 6.30. The highest BCUT2D eigenvalue weighted by Gasteiger charge is 2.41. The van der Waals surface area contributed by atoms with E-state index in [1.54, 1.807) is 17.0 Å². The highest BCUT2D eigenvalue weighted by atomic mass is 35.5. The van der Waals surface area contributed by atoms with Crippen molar-refractivity contribution in [3.63, 3.8) is 0 Å². The van der Waals surface area contributed by atoms with Crippen LogP contribution in [0.3, 0.4) is 0 Å². The maximum atomic E-state index is 13.5. The molecule has 0 atom stereocenters. The molecule has 1 aromatic carbocycles. The Bertz CT molecular complexity index is 1240. The van der Waals surface area contributed by atoms with Crippen molar-refractivity contribution in [1.29, 1.82) is 0 Å². The molecule has 4 rings (SSSR count). The van der Waals surface area contributed by atoms with Crippen LogP contribution in [0.5, 0.6) is 0 Å². The SMILES string of the molecule is [B]C([B])(c1cc(Cl)ccc1NCC1CCS(=O)(=O)CC1)N1CCN(C(=O)CNC(=O)CC2(C)CCC(F)(F)CC2)CC1. The van der Waals surface area contributed by atoms with Gasteiger partial charge < -0.3 is 20.4 Å². The van der Waals surface area contributed by atoms with Crippen LogP contribution in [0.1, 0.15) is 57.4 Å². The third kappa shape index (κ3) is 8.62. The van der Waals surface area contributed by atoms with E-state index in [9.17, 15) is 26.8 Å². The lowest BCUT2D eigenvalue weighted by atomic mass is 9.56. The van der Waals surface area contributed by atoms with Crippen LogP contribution < -0.4 is 10.6 Å². The number of piperazine rings is 1. The highest BCUT2D eigenvalue weighted by molar-refractivity contribution is 7.91. The summed E-state index contributed by atoms with van der Waals surface area (Å²) in [5.41, 5.74) is 0.825. The van der Waals surface area contributed by atoms with Crippen LogP contribution in [0.2, 0.25) is 5.02 Å². The number of nitrogens with zero attached hydrogens (tertiary/aromatic N) is 2. The van der Waals surface area contributed by atoms with E-state index >= 15 is 0 Å². The minimum atomic E-state index is -2.94. The molecule has 42 heavy (non-hydrogen) atoms. The summed E-state index contributed by atoms with van der Waals surface area (Å²) in [5, 5.41) is 5.14. The summed E-state index contributed by atoms with van der Waals surface area (Å²) in [7, 11) is 10.4. The number of benzene rings is 1. The zero-order chi connectivity index (χ0) is 30.8. The summed E-state index contributed by atoms with van der Waals surface area (Å²) in [4.78, 5) is 28.8. The second-order valence-corrected chi connectivity index (χ2v) is 15.2. The Morgan fingerprint density at radius 1 is 1.07 bits per heavy atom. The minimum Gasteiger partial charge on any atom is -0.385 e. The lowest BCUT2D eigenvalue weighted by molar-refractivity contribution is -0.135. The quantitative estimate of drug-likeness (QED) is 0.411. The molecule has 2 amide bonds. The molecule has 1 aromatic rings. The molecule has 4 radical (unpaired) electrons. The first-order valence-corrected chi connectivity index (χ1v) is 16.8. The fourth-order valence-corrected chi connectivity index (χ4v) is 7.79. The van der Waals surface area contributed by atoms with E-state index in [1.807, 2.05) is 17.9 Å². The first kappa shape index (κ1) is 33.1. The number of rotatable bonds is 9. The van der Waals surface area contributed by atoms with E-state index in [2.05, 4.69) is 10.6 Å². The second kappa shape index (κ2) is 13.0. The number of carbonyl (C=O) groups is 2. The van der Waals surface area contributed by atoms with Gasteiger partial charge in [0.25, 0.3) is 0 Å². The number of anilines is 1. The maximum absolute atomic E-state index is 13.5. The Hall–Kier alpha value is -1.85. The molecule has 2 heterocycles. The van der Waals surface area contributed by atoms with Gasteiger partial charge in [0.05, 0.1) is 33.7 Å². The summed E-state index contributed by atoms with van der Waals surface area (Å²) in [5.74, 6) is -2.61. The number of hydrogen-bond acceptors (Lipinski definition) is 6. The van der Waals surface area contributed by atoms with Gasteiger partial charge in [-0.2, -0.15) is 0 Å². The van der Waals surface area contributed by atoms with Crippen LogP contribution in [0.15, 0.2) is 18.2 Å². The number of halogens is 3.